The van der Waals surface area contributed by atoms with Crippen LogP contribution in [-0.2, 0) is 20.7 Å². The number of aryl methyl sites for hydroxylation is 1. The highest BCUT2D eigenvalue weighted by Crippen LogP contribution is 2.08. The van der Waals surface area contributed by atoms with E-state index in [1.54, 1.807) is 45.9 Å². The normalized spacial score (nSPS) is 11.0. The maximum Gasteiger partial charge on any atom is 0.405 e. The second-order valence-corrected chi connectivity index (χ2v) is 7.67. The molecule has 0 aliphatic rings. The Hall–Kier alpha value is -2.89. The van der Waals surface area contributed by atoms with Crippen molar-refractivity contribution in [3.8, 4) is 0 Å². The largest absolute Gasteiger partial charge is 0.462 e. The van der Waals surface area contributed by atoms with E-state index in [4.69, 9.17) is 10.5 Å². The van der Waals surface area contributed by atoms with Crippen molar-refractivity contribution in [2.24, 2.45) is 5.73 Å². The predicted octanol–water partition coefficient (Wildman–Crippen LogP) is 5.59. The second-order valence-electron chi connectivity index (χ2n) is 7.67. The summed E-state index contributed by atoms with van der Waals surface area (Å²) in [6, 6.07) is 16.2. The molecule has 166 valence electrons. The number of carbonyl (C=O) groups excluding carboxylic acids is 2. The van der Waals surface area contributed by atoms with Gasteiger partial charge in [0, 0.05) is 12.8 Å². The van der Waals surface area contributed by atoms with Crippen LogP contribution in [0, 0.1) is 12.7 Å². The van der Waals surface area contributed by atoms with E-state index in [2.05, 4.69) is 35.9 Å². The topological polar surface area (TPSA) is 78.6 Å². The Balaban J connectivity index is 0.000000471. The Kier molecular flexibility index (Phi) is 12.8. The van der Waals surface area contributed by atoms with Gasteiger partial charge in [0.15, 0.2) is 0 Å². The van der Waals surface area contributed by atoms with Crippen molar-refractivity contribution in [2.75, 3.05) is 0 Å². The highest BCUT2D eigenvalue weighted by molar-refractivity contribution is 5.69. The summed E-state index contributed by atoms with van der Waals surface area (Å²) in [7, 11) is 0. The lowest BCUT2D eigenvalue weighted by atomic mass is 10.1. The highest BCUT2D eigenvalue weighted by Gasteiger charge is 2.12. The van der Waals surface area contributed by atoms with Crippen molar-refractivity contribution in [3.05, 3.63) is 71.5 Å². The van der Waals surface area contributed by atoms with Gasteiger partial charge in [0.05, 0.1) is 0 Å². The van der Waals surface area contributed by atoms with E-state index in [9.17, 15) is 14.0 Å². The zero-order valence-electron chi connectivity index (χ0n) is 18.8. The van der Waals surface area contributed by atoms with Gasteiger partial charge < -0.3 is 15.2 Å². The molecule has 1 atom stereocenters. The summed E-state index contributed by atoms with van der Waals surface area (Å²) in [5.74, 6) is -0.308. The number of hydrogen-bond acceptors (Lipinski definition) is 4. The monoisotopic (exact) mass is 419 g/mol. The third-order valence-corrected chi connectivity index (χ3v) is 3.40. The number of ether oxygens (including phenoxy) is 2. The molecule has 0 bridgehead atoms. The van der Waals surface area contributed by atoms with Crippen molar-refractivity contribution in [1.29, 1.82) is 0 Å². The number of esters is 1. The molecular formula is C24H34FNO4. The number of nitrogens with two attached hydrogens (primary N) is 1. The minimum absolute atomic E-state index is 0.0415. The van der Waals surface area contributed by atoms with E-state index in [-0.39, 0.29) is 17.9 Å². The van der Waals surface area contributed by atoms with Crippen LogP contribution in [0.3, 0.4) is 0 Å². The molecule has 0 radical (unpaired) electrons. The van der Waals surface area contributed by atoms with Gasteiger partial charge in [-0.25, -0.2) is 9.18 Å². The number of carbonyl (C=O) groups is 2. The third-order valence-electron chi connectivity index (χ3n) is 3.40. The first-order valence-electron chi connectivity index (χ1n) is 9.87. The first-order valence-corrected chi connectivity index (χ1v) is 9.87. The first-order chi connectivity index (χ1) is 13.9. The number of primary amides is 1. The molecule has 1 unspecified atom stereocenters. The van der Waals surface area contributed by atoms with Gasteiger partial charge in [-0.2, -0.15) is 0 Å². The quantitative estimate of drug-likeness (QED) is 0.656. The summed E-state index contributed by atoms with van der Waals surface area (Å²) >= 11 is 0. The minimum atomic E-state index is -0.725. The van der Waals surface area contributed by atoms with Crippen molar-refractivity contribution >= 4 is 12.1 Å². The Morgan fingerprint density at radius 3 is 1.90 bits per heavy atom. The van der Waals surface area contributed by atoms with Gasteiger partial charge in [0.25, 0.3) is 0 Å². The van der Waals surface area contributed by atoms with Crippen LogP contribution in [0.15, 0.2) is 54.6 Å². The maximum absolute atomic E-state index is 11.9. The maximum atomic E-state index is 11.9. The van der Waals surface area contributed by atoms with Crippen LogP contribution >= 0.6 is 0 Å². The van der Waals surface area contributed by atoms with Gasteiger partial charge in [-0.05, 0) is 52.3 Å². The smallest absolute Gasteiger partial charge is 0.405 e. The predicted molar refractivity (Wildman–Crippen MR) is 118 cm³/mol. The Morgan fingerprint density at radius 1 is 1.03 bits per heavy atom. The Labute approximate surface area is 179 Å². The van der Waals surface area contributed by atoms with Gasteiger partial charge in [0.1, 0.15) is 17.5 Å². The first kappa shape index (κ1) is 27.1. The average molecular weight is 420 g/mol. The number of halogens is 1. The van der Waals surface area contributed by atoms with Gasteiger partial charge in [-0.3, -0.25) is 4.79 Å². The van der Waals surface area contributed by atoms with E-state index >= 15 is 0 Å². The fourth-order valence-electron chi connectivity index (χ4n) is 2.12. The van der Waals surface area contributed by atoms with Crippen molar-refractivity contribution in [1.82, 2.24) is 0 Å². The molecule has 0 saturated carbocycles. The van der Waals surface area contributed by atoms with E-state index in [0.717, 1.165) is 6.42 Å². The molecule has 2 aromatic carbocycles. The zero-order chi connectivity index (χ0) is 23.2. The SMILES string of the molecule is CC(C)(C)OC(N)=O.CCC(=O)OC(C)Cc1ccc(C)cc1.Fc1ccccc1. The molecule has 0 aromatic heterocycles. The summed E-state index contributed by atoms with van der Waals surface area (Å²) in [4.78, 5) is 21.1. The van der Waals surface area contributed by atoms with Crippen LogP contribution in [0.25, 0.3) is 0 Å². The highest BCUT2D eigenvalue weighted by atomic mass is 19.1. The van der Waals surface area contributed by atoms with Crippen LogP contribution in [0.4, 0.5) is 9.18 Å². The summed E-state index contributed by atoms with van der Waals surface area (Å²) in [6.07, 6.45) is 0.460. The summed E-state index contributed by atoms with van der Waals surface area (Å²) in [5, 5.41) is 0. The molecule has 6 heteroatoms. The number of hydrogen-bond donors (Lipinski definition) is 1. The minimum Gasteiger partial charge on any atom is -0.462 e. The fourth-order valence-corrected chi connectivity index (χ4v) is 2.12. The van der Waals surface area contributed by atoms with Crippen LogP contribution < -0.4 is 5.73 Å². The lowest BCUT2D eigenvalue weighted by Gasteiger charge is -2.16. The molecule has 0 saturated heterocycles. The summed E-state index contributed by atoms with van der Waals surface area (Å²) in [5.41, 5.74) is 6.72. The molecule has 2 N–H and O–H groups in total. The van der Waals surface area contributed by atoms with E-state index < -0.39 is 11.7 Å². The van der Waals surface area contributed by atoms with Gasteiger partial charge in [0.2, 0.25) is 0 Å². The van der Waals surface area contributed by atoms with Crippen LogP contribution in [0.2, 0.25) is 0 Å². The zero-order valence-corrected chi connectivity index (χ0v) is 18.8. The van der Waals surface area contributed by atoms with Crippen molar-refractivity contribution in [3.63, 3.8) is 0 Å². The van der Waals surface area contributed by atoms with E-state index in [1.807, 2.05) is 6.92 Å². The Morgan fingerprint density at radius 2 is 1.57 bits per heavy atom. The lowest BCUT2D eigenvalue weighted by molar-refractivity contribution is -0.147. The molecule has 0 spiro atoms. The van der Waals surface area contributed by atoms with E-state index in [1.165, 1.54) is 23.3 Å². The second kappa shape index (κ2) is 14.1. The molecule has 5 nitrogen and oxygen atoms in total. The van der Waals surface area contributed by atoms with Crippen LogP contribution in [0.1, 0.15) is 52.2 Å². The molecule has 0 aliphatic carbocycles. The number of amides is 1. The Bertz CT molecular complexity index is 740. The van der Waals surface area contributed by atoms with Gasteiger partial charge in [-0.15, -0.1) is 0 Å². The molecule has 0 aliphatic heterocycles. The molecule has 30 heavy (non-hydrogen) atoms. The number of rotatable bonds is 4. The number of benzene rings is 2. The molecule has 1 amide bonds. The molecule has 0 heterocycles. The molecule has 2 aromatic rings. The van der Waals surface area contributed by atoms with Gasteiger partial charge in [-0.1, -0.05) is 55.0 Å². The van der Waals surface area contributed by atoms with Crippen molar-refractivity contribution < 1.29 is 23.5 Å². The summed E-state index contributed by atoms with van der Waals surface area (Å²) in [6.45, 7) is 11.1. The average Bonchev–Trinajstić information content (AvgIpc) is 2.63. The van der Waals surface area contributed by atoms with Gasteiger partial charge >= 0.3 is 12.1 Å². The third kappa shape index (κ3) is 16.1. The van der Waals surface area contributed by atoms with Crippen LogP contribution in [-0.4, -0.2) is 23.8 Å². The standard InChI is InChI=1S/C13H18O2.C6H5F.C5H11NO2/c1-4-13(14)15-11(3)9-12-7-5-10(2)6-8-12;7-6-4-2-1-3-5-6;1-5(2,3)8-4(6)7/h5-8,11H,4,9H2,1-3H3;1-5H;1-3H3,(H2,6,7). The van der Waals surface area contributed by atoms with Crippen LogP contribution in [0.5, 0.6) is 0 Å². The van der Waals surface area contributed by atoms with Crippen molar-refractivity contribution in [2.45, 2.75) is 66.1 Å². The summed E-state index contributed by atoms with van der Waals surface area (Å²) < 4.78 is 21.7. The van der Waals surface area contributed by atoms with E-state index in [0.29, 0.717) is 6.42 Å². The molecular weight excluding hydrogens is 385 g/mol. The lowest BCUT2D eigenvalue weighted by Crippen LogP contribution is -2.27. The molecule has 0 fully saturated rings. The fraction of sp³-hybridized carbons (Fsp3) is 0.417. The molecule has 2 rings (SSSR count).